The molecular formula is C13H7N5O2S2. The van der Waals surface area contributed by atoms with E-state index in [0.29, 0.717) is 14.8 Å². The Morgan fingerprint density at radius 2 is 2.14 bits per heavy atom. The number of nitriles is 2. The average molecular weight is 329 g/mol. The Hall–Kier alpha value is -2.75. The van der Waals surface area contributed by atoms with Crippen LogP contribution in [-0.4, -0.2) is 15.1 Å². The average Bonchev–Trinajstić information content (AvgIpc) is 2.91. The second-order valence-electron chi connectivity index (χ2n) is 3.95. The van der Waals surface area contributed by atoms with Crippen LogP contribution in [0.3, 0.4) is 0 Å². The summed E-state index contributed by atoms with van der Waals surface area (Å²) in [5.74, 6) is 0. The fourth-order valence-corrected chi connectivity index (χ4v) is 3.38. The van der Waals surface area contributed by atoms with E-state index in [1.807, 2.05) is 0 Å². The highest BCUT2D eigenvalue weighted by Gasteiger charge is 2.17. The lowest BCUT2D eigenvalue weighted by Crippen LogP contribution is -1.92. The topological polar surface area (TPSA) is 116 Å². The molecule has 1 aromatic heterocycles. The van der Waals surface area contributed by atoms with Gasteiger partial charge in [0.1, 0.15) is 22.7 Å². The molecule has 0 aliphatic carbocycles. The van der Waals surface area contributed by atoms with E-state index in [1.54, 1.807) is 31.2 Å². The van der Waals surface area contributed by atoms with Crippen LogP contribution in [0.2, 0.25) is 0 Å². The third-order valence-corrected chi connectivity index (χ3v) is 4.39. The van der Waals surface area contributed by atoms with Gasteiger partial charge in [0.25, 0.3) is 5.69 Å². The van der Waals surface area contributed by atoms with Crippen molar-refractivity contribution in [1.82, 2.24) is 10.2 Å². The molecule has 0 radical (unpaired) electrons. The second-order valence-corrected chi connectivity index (χ2v) is 6.43. The molecule has 0 fully saturated rings. The predicted molar refractivity (Wildman–Crippen MR) is 81.1 cm³/mol. The first kappa shape index (κ1) is 15.6. The summed E-state index contributed by atoms with van der Waals surface area (Å²) in [5.41, 5.74) is 0.193. The van der Waals surface area contributed by atoms with Gasteiger partial charge < -0.3 is 0 Å². The summed E-state index contributed by atoms with van der Waals surface area (Å²) < 4.78 is 0.610. The fraction of sp³-hybridized carbons (Fsp3) is 0.0769. The molecule has 0 N–H and O–H groups in total. The number of allylic oxidation sites excluding steroid dienone is 1. The van der Waals surface area contributed by atoms with E-state index in [4.69, 9.17) is 10.5 Å². The zero-order chi connectivity index (χ0) is 16.1. The zero-order valence-corrected chi connectivity index (χ0v) is 12.8. The van der Waals surface area contributed by atoms with Crippen molar-refractivity contribution in [1.29, 1.82) is 10.5 Å². The van der Waals surface area contributed by atoms with E-state index < -0.39 is 4.92 Å². The van der Waals surface area contributed by atoms with Gasteiger partial charge in [0, 0.05) is 6.07 Å². The molecule has 2 rings (SSSR count). The minimum absolute atomic E-state index is 0.109. The van der Waals surface area contributed by atoms with Gasteiger partial charge in [-0.05, 0) is 24.6 Å². The molecule has 0 aliphatic heterocycles. The quantitative estimate of drug-likeness (QED) is 0.479. The molecule has 0 amide bonds. The zero-order valence-electron chi connectivity index (χ0n) is 11.2. The first-order chi connectivity index (χ1) is 10.5. The summed E-state index contributed by atoms with van der Waals surface area (Å²) in [6, 6.07) is 7.93. The lowest BCUT2D eigenvalue weighted by Gasteiger charge is -2.01. The number of hydrogen-bond donors (Lipinski definition) is 0. The molecule has 1 aromatic carbocycles. The minimum Gasteiger partial charge on any atom is -0.258 e. The van der Waals surface area contributed by atoms with E-state index in [9.17, 15) is 10.1 Å². The highest BCUT2D eigenvalue weighted by molar-refractivity contribution is 8.01. The Labute approximate surface area is 133 Å². The maximum atomic E-state index is 11.2. The van der Waals surface area contributed by atoms with Gasteiger partial charge in [-0.2, -0.15) is 10.5 Å². The minimum atomic E-state index is -0.508. The van der Waals surface area contributed by atoms with Gasteiger partial charge in [-0.1, -0.05) is 29.2 Å². The normalized spacial score (nSPS) is 9.59. The maximum Gasteiger partial charge on any atom is 0.283 e. The summed E-state index contributed by atoms with van der Waals surface area (Å²) in [5, 5.41) is 37.2. The van der Waals surface area contributed by atoms with E-state index >= 15 is 0 Å². The lowest BCUT2D eigenvalue weighted by molar-refractivity contribution is -0.387. The Bertz CT molecular complexity index is 829. The summed E-state index contributed by atoms with van der Waals surface area (Å²) in [6.45, 7) is 1.80. The summed E-state index contributed by atoms with van der Waals surface area (Å²) in [7, 11) is 0. The van der Waals surface area contributed by atoms with E-state index in [0.717, 1.165) is 16.8 Å². The first-order valence-corrected chi connectivity index (χ1v) is 7.45. The lowest BCUT2D eigenvalue weighted by atomic mass is 10.1. The van der Waals surface area contributed by atoms with Gasteiger partial charge in [-0.3, -0.25) is 10.1 Å². The fourth-order valence-electron chi connectivity index (χ4n) is 1.52. The number of rotatable bonds is 4. The van der Waals surface area contributed by atoms with Crippen LogP contribution >= 0.6 is 23.1 Å². The van der Waals surface area contributed by atoms with E-state index in [-0.39, 0.29) is 11.3 Å². The third-order valence-electron chi connectivity index (χ3n) is 2.44. The third kappa shape index (κ3) is 3.67. The van der Waals surface area contributed by atoms with Crippen LogP contribution in [0, 0.1) is 39.7 Å². The van der Waals surface area contributed by atoms with E-state index in [2.05, 4.69) is 10.2 Å². The van der Waals surface area contributed by atoms with Crippen molar-refractivity contribution in [2.45, 2.75) is 16.2 Å². The van der Waals surface area contributed by atoms with Crippen LogP contribution < -0.4 is 0 Å². The molecule has 0 unspecified atom stereocenters. The predicted octanol–water partition coefficient (Wildman–Crippen LogP) is 3.34. The highest BCUT2D eigenvalue weighted by Crippen LogP contribution is 2.36. The first-order valence-electron chi connectivity index (χ1n) is 5.82. The summed E-state index contributed by atoms with van der Waals surface area (Å²) >= 11 is 2.50. The van der Waals surface area contributed by atoms with Gasteiger partial charge in [-0.15, -0.1) is 10.2 Å². The van der Waals surface area contributed by atoms with Crippen molar-refractivity contribution in [3.8, 4) is 12.1 Å². The van der Waals surface area contributed by atoms with Gasteiger partial charge in [0.05, 0.1) is 9.82 Å². The molecule has 1 heterocycles. The van der Waals surface area contributed by atoms with Gasteiger partial charge in [0.2, 0.25) is 0 Å². The molecule has 9 heteroatoms. The molecule has 108 valence electrons. The van der Waals surface area contributed by atoms with Crippen molar-refractivity contribution in [3.63, 3.8) is 0 Å². The molecule has 0 bridgehead atoms. The number of benzene rings is 1. The van der Waals surface area contributed by atoms with Crippen LogP contribution in [0.1, 0.15) is 10.6 Å². The van der Waals surface area contributed by atoms with Crippen LogP contribution in [-0.2, 0) is 0 Å². The van der Waals surface area contributed by atoms with Crippen molar-refractivity contribution in [2.24, 2.45) is 0 Å². The van der Waals surface area contributed by atoms with Crippen LogP contribution in [0.4, 0.5) is 5.69 Å². The van der Waals surface area contributed by atoms with Crippen LogP contribution in [0.5, 0.6) is 0 Å². The smallest absolute Gasteiger partial charge is 0.258 e. The van der Waals surface area contributed by atoms with Crippen molar-refractivity contribution in [3.05, 3.63) is 44.5 Å². The molecule has 0 spiro atoms. The number of aryl methyl sites for hydroxylation is 1. The monoisotopic (exact) mass is 329 g/mol. The van der Waals surface area contributed by atoms with Gasteiger partial charge >= 0.3 is 0 Å². The molecule has 0 atom stereocenters. The largest absolute Gasteiger partial charge is 0.283 e. The molecule has 7 nitrogen and oxygen atoms in total. The van der Waals surface area contributed by atoms with Crippen molar-refractivity contribution >= 4 is 34.9 Å². The number of nitro groups is 1. The van der Waals surface area contributed by atoms with E-state index in [1.165, 1.54) is 23.5 Å². The number of nitro benzene ring substituents is 1. The summed E-state index contributed by atoms with van der Waals surface area (Å²) in [6.07, 6.45) is 1.30. The number of hydrogen-bond acceptors (Lipinski definition) is 8. The Balaban J connectivity index is 2.40. The van der Waals surface area contributed by atoms with Gasteiger partial charge in [0.15, 0.2) is 4.34 Å². The Kier molecular flexibility index (Phi) is 4.84. The van der Waals surface area contributed by atoms with Crippen LogP contribution in [0.15, 0.2) is 33.0 Å². The van der Waals surface area contributed by atoms with Gasteiger partial charge in [-0.25, -0.2) is 0 Å². The maximum absolute atomic E-state index is 11.2. The Morgan fingerprint density at radius 3 is 2.68 bits per heavy atom. The molecule has 0 saturated carbocycles. The van der Waals surface area contributed by atoms with Crippen molar-refractivity contribution < 1.29 is 4.92 Å². The highest BCUT2D eigenvalue weighted by atomic mass is 32.2. The number of nitrogens with zero attached hydrogens (tertiary/aromatic N) is 5. The molecular weight excluding hydrogens is 322 g/mol. The standard InChI is InChI=1S/C13H7N5O2S2/c1-8-16-17-13(21-8)22-12-3-2-9(4-10(6-14)7-15)5-11(12)18(19)20/h2-5H,1H3. The molecule has 22 heavy (non-hydrogen) atoms. The second kappa shape index (κ2) is 6.80. The summed E-state index contributed by atoms with van der Waals surface area (Å²) in [4.78, 5) is 11.1. The SMILES string of the molecule is Cc1nnc(Sc2ccc(C=C(C#N)C#N)cc2[N+](=O)[O-])s1. The van der Waals surface area contributed by atoms with Crippen molar-refractivity contribution in [2.75, 3.05) is 0 Å². The molecule has 2 aromatic rings. The van der Waals surface area contributed by atoms with Crippen LogP contribution in [0.25, 0.3) is 6.08 Å². The molecule has 0 saturated heterocycles. The number of aromatic nitrogens is 2. The Morgan fingerprint density at radius 1 is 1.41 bits per heavy atom. The molecule has 0 aliphatic rings.